The third-order valence-corrected chi connectivity index (χ3v) is 11.0. The molecule has 5 nitrogen and oxygen atoms in total. The average molecular weight is 694 g/mol. The van der Waals surface area contributed by atoms with E-state index >= 15 is 0 Å². The Hall–Kier alpha value is -7.11. The molecule has 0 unspecified atom stereocenters. The minimum Gasteiger partial charge on any atom is -0.315 e. The molecule has 0 aliphatic carbocycles. The number of para-hydroxylation sites is 7. The van der Waals surface area contributed by atoms with E-state index in [2.05, 4.69) is 208 Å². The molecule has 0 atom stereocenters. The van der Waals surface area contributed by atoms with E-state index in [9.17, 15) is 0 Å². The fourth-order valence-corrected chi connectivity index (χ4v) is 8.75. The van der Waals surface area contributed by atoms with Crippen molar-refractivity contribution in [1.29, 1.82) is 0 Å². The molecule has 0 fully saturated rings. The van der Waals surface area contributed by atoms with Crippen LogP contribution in [0.1, 0.15) is 11.4 Å². The van der Waals surface area contributed by atoms with Gasteiger partial charge in [0.25, 0.3) is 0 Å². The summed E-state index contributed by atoms with van der Waals surface area (Å²) < 4.78 is 9.67. The van der Waals surface area contributed by atoms with Crippen molar-refractivity contribution in [2.24, 2.45) is 0 Å². The first-order chi connectivity index (χ1) is 26.7. The van der Waals surface area contributed by atoms with Crippen LogP contribution in [0.15, 0.2) is 176 Å². The molecule has 11 rings (SSSR count). The number of fused-ring (bicyclic) bond motifs is 7. The van der Waals surface area contributed by atoms with E-state index in [-0.39, 0.29) is 0 Å². The van der Waals surface area contributed by atoms with Gasteiger partial charge in [-0.1, -0.05) is 103 Å². The van der Waals surface area contributed by atoms with Crippen molar-refractivity contribution in [3.8, 4) is 34.1 Å². The maximum absolute atomic E-state index is 5.42. The van der Waals surface area contributed by atoms with Crippen LogP contribution in [0.2, 0.25) is 0 Å². The SMILES string of the molecule is Cc1ccc(C)n1-c1c(-n2c3ccccc3c3ccccc32)cc(-c2nc3ccccc3n2-c2ccccc2)cc1-n1c2ccccc2c2ccccc21. The van der Waals surface area contributed by atoms with Crippen LogP contribution in [-0.4, -0.2) is 23.3 Å². The van der Waals surface area contributed by atoms with Crippen molar-refractivity contribution < 1.29 is 0 Å². The summed E-state index contributed by atoms with van der Waals surface area (Å²) in [6.07, 6.45) is 0. The number of aromatic nitrogens is 5. The largest absolute Gasteiger partial charge is 0.315 e. The number of hydrogen-bond donors (Lipinski definition) is 0. The molecule has 54 heavy (non-hydrogen) atoms. The van der Waals surface area contributed by atoms with Crippen molar-refractivity contribution >= 4 is 54.6 Å². The molecule has 0 saturated carbocycles. The second-order valence-corrected chi connectivity index (χ2v) is 14.1. The highest BCUT2D eigenvalue weighted by Gasteiger charge is 2.26. The van der Waals surface area contributed by atoms with E-state index in [1.54, 1.807) is 0 Å². The molecule has 0 aliphatic heterocycles. The minimum absolute atomic E-state index is 0.888. The predicted molar refractivity (Wildman–Crippen MR) is 224 cm³/mol. The molecule has 4 heterocycles. The summed E-state index contributed by atoms with van der Waals surface area (Å²) in [6, 6.07) is 63.4. The van der Waals surface area contributed by atoms with Gasteiger partial charge in [-0.15, -0.1) is 0 Å². The number of aryl methyl sites for hydroxylation is 2. The van der Waals surface area contributed by atoms with Gasteiger partial charge < -0.3 is 13.7 Å². The second kappa shape index (κ2) is 11.7. The molecular weight excluding hydrogens is 659 g/mol. The fraction of sp³-hybridized carbons (Fsp3) is 0.0408. The Kier molecular flexibility index (Phi) is 6.61. The van der Waals surface area contributed by atoms with Gasteiger partial charge in [-0.05, 0) is 86.6 Å². The van der Waals surface area contributed by atoms with E-state index in [1.807, 2.05) is 0 Å². The van der Waals surface area contributed by atoms with Crippen molar-refractivity contribution in [2.45, 2.75) is 13.8 Å². The highest BCUT2D eigenvalue weighted by atomic mass is 15.1. The van der Waals surface area contributed by atoms with Crippen LogP contribution >= 0.6 is 0 Å². The van der Waals surface area contributed by atoms with Gasteiger partial charge in [0.15, 0.2) is 0 Å². The van der Waals surface area contributed by atoms with E-state index in [1.165, 1.54) is 32.9 Å². The number of nitrogens with zero attached hydrogens (tertiary/aromatic N) is 5. The molecule has 0 saturated heterocycles. The Morgan fingerprint density at radius 2 is 0.778 bits per heavy atom. The van der Waals surface area contributed by atoms with Crippen LogP contribution < -0.4 is 0 Å². The molecule has 0 aliphatic rings. The summed E-state index contributed by atoms with van der Waals surface area (Å²) in [6.45, 7) is 4.42. The monoisotopic (exact) mass is 693 g/mol. The predicted octanol–water partition coefficient (Wildman–Crippen LogP) is 12.3. The summed E-state index contributed by atoms with van der Waals surface area (Å²) in [5.41, 5.74) is 14.3. The fourth-order valence-electron chi connectivity index (χ4n) is 8.75. The van der Waals surface area contributed by atoms with Gasteiger partial charge in [0.1, 0.15) is 5.82 Å². The third kappa shape index (κ3) is 4.36. The lowest BCUT2D eigenvalue weighted by atomic mass is 10.1. The lowest BCUT2D eigenvalue weighted by Crippen LogP contribution is -2.12. The minimum atomic E-state index is 0.888. The Bertz CT molecular complexity index is 2980. The smallest absolute Gasteiger partial charge is 0.145 e. The normalized spacial score (nSPS) is 11.9. The van der Waals surface area contributed by atoms with Crippen LogP contribution in [0.4, 0.5) is 0 Å². The van der Waals surface area contributed by atoms with Gasteiger partial charge in [-0.2, -0.15) is 0 Å². The summed E-state index contributed by atoms with van der Waals surface area (Å²) in [7, 11) is 0. The molecular formula is C49H35N5. The molecule has 256 valence electrons. The number of hydrogen-bond acceptors (Lipinski definition) is 1. The Labute approximate surface area is 312 Å². The quantitative estimate of drug-likeness (QED) is 0.177. The van der Waals surface area contributed by atoms with Crippen molar-refractivity contribution in [3.63, 3.8) is 0 Å². The first kappa shape index (κ1) is 30.5. The van der Waals surface area contributed by atoms with Gasteiger partial charge in [0, 0.05) is 44.2 Å². The van der Waals surface area contributed by atoms with Crippen molar-refractivity contribution in [1.82, 2.24) is 23.3 Å². The summed E-state index contributed by atoms with van der Waals surface area (Å²) >= 11 is 0. The molecule has 0 N–H and O–H groups in total. The summed E-state index contributed by atoms with van der Waals surface area (Å²) in [4.78, 5) is 5.42. The second-order valence-electron chi connectivity index (χ2n) is 14.1. The number of imidazole rings is 1. The highest BCUT2D eigenvalue weighted by molar-refractivity contribution is 6.11. The molecule has 5 heteroatoms. The lowest BCUT2D eigenvalue weighted by molar-refractivity contribution is 0.931. The molecule has 7 aromatic carbocycles. The topological polar surface area (TPSA) is 32.6 Å². The van der Waals surface area contributed by atoms with Crippen molar-refractivity contribution in [3.05, 3.63) is 187 Å². The highest BCUT2D eigenvalue weighted by Crippen LogP contribution is 2.43. The molecule has 0 bridgehead atoms. The lowest BCUT2D eigenvalue weighted by Gasteiger charge is -2.24. The van der Waals surface area contributed by atoms with Gasteiger partial charge in [0.2, 0.25) is 0 Å². The van der Waals surface area contributed by atoms with E-state index in [4.69, 9.17) is 4.98 Å². The molecule has 4 aromatic heterocycles. The standard InChI is InChI=1S/C49H35N5/c1-32-28-29-33(2)51(32)48-46(53-41-23-11-6-18-36(41)37-19-7-12-24-42(37)53)30-34(49-50-40-22-10-15-27-45(40)52(49)35-16-4-3-5-17-35)31-47(48)54-43-25-13-8-20-38(43)39-21-9-14-26-44(39)54/h3-31H,1-2H3. The molecule has 0 radical (unpaired) electrons. The van der Waals surface area contributed by atoms with Gasteiger partial charge in [-0.25, -0.2) is 4.98 Å². The first-order valence-electron chi connectivity index (χ1n) is 18.5. The zero-order chi connectivity index (χ0) is 35.9. The van der Waals surface area contributed by atoms with Crippen molar-refractivity contribution in [2.75, 3.05) is 0 Å². The number of rotatable bonds is 5. The summed E-state index contributed by atoms with van der Waals surface area (Å²) in [5, 5.41) is 4.89. The zero-order valence-corrected chi connectivity index (χ0v) is 30.0. The maximum atomic E-state index is 5.42. The van der Waals surface area contributed by atoms with Crippen LogP contribution in [0.25, 0.3) is 88.8 Å². The Morgan fingerprint density at radius 1 is 0.370 bits per heavy atom. The Morgan fingerprint density at radius 3 is 1.26 bits per heavy atom. The van der Waals surface area contributed by atoms with Gasteiger partial charge in [-0.3, -0.25) is 4.57 Å². The van der Waals surface area contributed by atoms with Crippen LogP contribution in [-0.2, 0) is 0 Å². The molecule has 0 spiro atoms. The van der Waals surface area contributed by atoms with Crippen LogP contribution in [0, 0.1) is 13.8 Å². The van der Waals surface area contributed by atoms with Gasteiger partial charge >= 0.3 is 0 Å². The summed E-state index contributed by atoms with van der Waals surface area (Å²) in [5.74, 6) is 0.888. The maximum Gasteiger partial charge on any atom is 0.145 e. The first-order valence-corrected chi connectivity index (χ1v) is 18.5. The van der Waals surface area contributed by atoms with Crippen LogP contribution in [0.3, 0.4) is 0 Å². The van der Waals surface area contributed by atoms with E-state index in [0.29, 0.717) is 0 Å². The molecule has 11 aromatic rings. The van der Waals surface area contributed by atoms with Gasteiger partial charge in [0.05, 0.1) is 50.2 Å². The van der Waals surface area contributed by atoms with Crippen LogP contribution in [0.5, 0.6) is 0 Å². The Balaban J connectivity index is 1.39. The zero-order valence-electron chi connectivity index (χ0n) is 30.0. The average Bonchev–Trinajstić information content (AvgIpc) is 3.97. The molecule has 0 amide bonds. The van der Waals surface area contributed by atoms with E-state index < -0.39 is 0 Å². The third-order valence-electron chi connectivity index (χ3n) is 11.0. The van der Waals surface area contributed by atoms with E-state index in [0.717, 1.165) is 67.2 Å². The number of benzene rings is 7.